The fourth-order valence-corrected chi connectivity index (χ4v) is 2.09. The third-order valence-corrected chi connectivity index (χ3v) is 3.21. The molecule has 2 aromatic carbocycles. The molecule has 0 spiro atoms. The summed E-state index contributed by atoms with van der Waals surface area (Å²) in [7, 11) is 0. The number of carbonyl (C=O) groups excluding carboxylic acids is 1. The van der Waals surface area contributed by atoms with E-state index in [2.05, 4.69) is 5.32 Å². The molecular weight excluding hydrogens is 252 g/mol. The first kappa shape index (κ1) is 13.9. The maximum absolute atomic E-state index is 12.2. The molecule has 0 saturated heterocycles. The zero-order valence-electron chi connectivity index (χ0n) is 11.6. The van der Waals surface area contributed by atoms with Crippen LogP contribution in [-0.4, -0.2) is 11.0 Å². The minimum Gasteiger partial charge on any atom is -0.507 e. The molecule has 20 heavy (non-hydrogen) atoms. The second-order valence-electron chi connectivity index (χ2n) is 4.84. The van der Waals surface area contributed by atoms with Crippen LogP contribution in [0.25, 0.3) is 0 Å². The van der Waals surface area contributed by atoms with Gasteiger partial charge in [0.1, 0.15) is 5.75 Å². The van der Waals surface area contributed by atoms with Crippen LogP contribution in [0.15, 0.2) is 42.5 Å². The molecule has 0 aromatic heterocycles. The fourth-order valence-electron chi connectivity index (χ4n) is 2.09. The van der Waals surface area contributed by atoms with Crippen LogP contribution in [0.1, 0.15) is 34.5 Å². The number of nitrogens with two attached hydrogens (primary N) is 1. The number of benzene rings is 2. The number of anilines is 1. The van der Waals surface area contributed by atoms with Crippen LogP contribution >= 0.6 is 0 Å². The van der Waals surface area contributed by atoms with E-state index in [1.165, 1.54) is 6.07 Å². The zero-order valence-corrected chi connectivity index (χ0v) is 11.6. The molecule has 0 aliphatic carbocycles. The van der Waals surface area contributed by atoms with Crippen LogP contribution in [0.3, 0.4) is 0 Å². The lowest BCUT2D eigenvalue weighted by Gasteiger charge is -2.16. The number of phenolic OH excluding ortho intramolecular Hbond substituents is 1. The quantitative estimate of drug-likeness (QED) is 0.751. The number of aryl methyl sites for hydroxylation is 1. The topological polar surface area (TPSA) is 75.3 Å². The Balaban J connectivity index is 2.20. The summed E-state index contributed by atoms with van der Waals surface area (Å²) in [5.41, 5.74) is 8.56. The Morgan fingerprint density at radius 2 is 1.95 bits per heavy atom. The Hall–Kier alpha value is -2.49. The summed E-state index contributed by atoms with van der Waals surface area (Å²) < 4.78 is 0. The van der Waals surface area contributed by atoms with Gasteiger partial charge >= 0.3 is 0 Å². The zero-order chi connectivity index (χ0) is 14.7. The minimum atomic E-state index is -0.318. The van der Waals surface area contributed by atoms with E-state index in [4.69, 9.17) is 5.73 Å². The van der Waals surface area contributed by atoms with Gasteiger partial charge in [-0.25, -0.2) is 0 Å². The SMILES string of the molecule is Cc1ccc(O)c(C(=O)NC(C)c2ccccc2N)c1. The molecule has 0 saturated carbocycles. The van der Waals surface area contributed by atoms with Crippen LogP contribution in [0.2, 0.25) is 0 Å². The molecule has 4 N–H and O–H groups in total. The molecule has 0 radical (unpaired) electrons. The molecule has 0 fully saturated rings. The van der Waals surface area contributed by atoms with Crippen molar-refractivity contribution in [2.75, 3.05) is 5.73 Å². The van der Waals surface area contributed by atoms with Gasteiger partial charge in [-0.15, -0.1) is 0 Å². The highest BCUT2D eigenvalue weighted by atomic mass is 16.3. The Bertz CT molecular complexity index is 638. The predicted octanol–water partition coefficient (Wildman–Crippen LogP) is 2.77. The molecule has 1 unspecified atom stereocenters. The minimum absolute atomic E-state index is 0.0265. The van der Waals surface area contributed by atoms with Crippen molar-refractivity contribution >= 4 is 11.6 Å². The average Bonchev–Trinajstić information content (AvgIpc) is 2.41. The van der Waals surface area contributed by atoms with E-state index in [-0.39, 0.29) is 23.3 Å². The number of hydrogen-bond donors (Lipinski definition) is 3. The lowest BCUT2D eigenvalue weighted by Crippen LogP contribution is -2.27. The van der Waals surface area contributed by atoms with Gasteiger partial charge in [0.25, 0.3) is 5.91 Å². The van der Waals surface area contributed by atoms with Gasteiger partial charge < -0.3 is 16.2 Å². The van der Waals surface area contributed by atoms with Gasteiger partial charge in [0.05, 0.1) is 11.6 Å². The van der Waals surface area contributed by atoms with Gasteiger partial charge in [-0.1, -0.05) is 29.8 Å². The van der Waals surface area contributed by atoms with Crippen LogP contribution in [0.5, 0.6) is 5.75 Å². The van der Waals surface area contributed by atoms with E-state index in [1.54, 1.807) is 18.2 Å². The Labute approximate surface area is 118 Å². The van der Waals surface area contributed by atoms with Gasteiger partial charge in [0.2, 0.25) is 0 Å². The van der Waals surface area contributed by atoms with Crippen molar-refractivity contribution < 1.29 is 9.90 Å². The Kier molecular flexibility index (Phi) is 3.94. The third-order valence-electron chi connectivity index (χ3n) is 3.21. The maximum Gasteiger partial charge on any atom is 0.255 e. The summed E-state index contributed by atoms with van der Waals surface area (Å²) in [5, 5.41) is 12.6. The number of rotatable bonds is 3. The van der Waals surface area contributed by atoms with Crippen molar-refractivity contribution in [2.45, 2.75) is 19.9 Å². The van der Waals surface area contributed by atoms with E-state index < -0.39 is 0 Å². The van der Waals surface area contributed by atoms with Crippen LogP contribution < -0.4 is 11.1 Å². The molecular formula is C16H18N2O2. The smallest absolute Gasteiger partial charge is 0.255 e. The molecule has 1 amide bonds. The van der Waals surface area contributed by atoms with Crippen LogP contribution in [0, 0.1) is 6.92 Å². The highest BCUT2D eigenvalue weighted by molar-refractivity contribution is 5.97. The normalized spacial score (nSPS) is 11.9. The summed E-state index contributed by atoms with van der Waals surface area (Å²) in [6, 6.07) is 12.1. The van der Waals surface area contributed by atoms with E-state index in [9.17, 15) is 9.90 Å². The highest BCUT2D eigenvalue weighted by Crippen LogP contribution is 2.22. The second-order valence-corrected chi connectivity index (χ2v) is 4.84. The molecule has 4 heteroatoms. The van der Waals surface area contributed by atoms with Gasteiger partial charge in [-0.3, -0.25) is 4.79 Å². The molecule has 0 aliphatic rings. The molecule has 0 heterocycles. The van der Waals surface area contributed by atoms with Crippen molar-refractivity contribution in [1.82, 2.24) is 5.32 Å². The van der Waals surface area contributed by atoms with Crippen molar-refractivity contribution in [2.24, 2.45) is 0 Å². The van der Waals surface area contributed by atoms with Crippen molar-refractivity contribution in [3.05, 3.63) is 59.2 Å². The van der Waals surface area contributed by atoms with E-state index in [0.717, 1.165) is 11.1 Å². The van der Waals surface area contributed by atoms with E-state index >= 15 is 0 Å². The lowest BCUT2D eigenvalue weighted by atomic mass is 10.0. The lowest BCUT2D eigenvalue weighted by molar-refractivity contribution is 0.0937. The summed E-state index contributed by atoms with van der Waals surface area (Å²) in [6.07, 6.45) is 0. The fraction of sp³-hybridized carbons (Fsp3) is 0.188. The number of aromatic hydroxyl groups is 1. The van der Waals surface area contributed by atoms with Crippen LogP contribution in [0.4, 0.5) is 5.69 Å². The van der Waals surface area contributed by atoms with Crippen molar-refractivity contribution in [3.63, 3.8) is 0 Å². The first-order chi connectivity index (χ1) is 9.49. The summed E-state index contributed by atoms with van der Waals surface area (Å²) in [5.74, 6) is -0.344. The molecule has 0 bridgehead atoms. The number of phenols is 1. The number of nitrogen functional groups attached to an aromatic ring is 1. The number of amides is 1. The van der Waals surface area contributed by atoms with Gasteiger partial charge in [0.15, 0.2) is 0 Å². The average molecular weight is 270 g/mol. The maximum atomic E-state index is 12.2. The first-order valence-electron chi connectivity index (χ1n) is 6.44. The first-order valence-corrected chi connectivity index (χ1v) is 6.44. The molecule has 104 valence electrons. The number of nitrogens with one attached hydrogen (secondary N) is 1. The van der Waals surface area contributed by atoms with E-state index in [0.29, 0.717) is 5.69 Å². The summed E-state index contributed by atoms with van der Waals surface area (Å²) in [4.78, 5) is 12.2. The Morgan fingerprint density at radius 1 is 1.25 bits per heavy atom. The van der Waals surface area contributed by atoms with Gasteiger partial charge in [-0.05, 0) is 37.6 Å². The molecule has 2 rings (SSSR count). The summed E-state index contributed by atoms with van der Waals surface area (Å²) in [6.45, 7) is 3.73. The molecule has 1 atom stereocenters. The van der Waals surface area contributed by atoms with Gasteiger partial charge in [0, 0.05) is 5.69 Å². The van der Waals surface area contributed by atoms with Crippen molar-refractivity contribution in [3.8, 4) is 5.75 Å². The molecule has 2 aromatic rings. The number of hydrogen-bond acceptors (Lipinski definition) is 3. The van der Waals surface area contributed by atoms with E-state index in [1.807, 2.05) is 32.0 Å². The monoisotopic (exact) mass is 270 g/mol. The van der Waals surface area contributed by atoms with Crippen molar-refractivity contribution in [1.29, 1.82) is 0 Å². The molecule has 4 nitrogen and oxygen atoms in total. The second kappa shape index (κ2) is 5.65. The Morgan fingerprint density at radius 3 is 2.65 bits per heavy atom. The highest BCUT2D eigenvalue weighted by Gasteiger charge is 2.16. The number of carbonyl (C=O) groups is 1. The third kappa shape index (κ3) is 2.91. The standard InChI is InChI=1S/C16H18N2O2/c1-10-7-8-15(19)13(9-10)16(20)18-11(2)12-5-3-4-6-14(12)17/h3-9,11,19H,17H2,1-2H3,(H,18,20). The molecule has 0 aliphatic heterocycles. The van der Waals surface area contributed by atoms with Crippen LogP contribution in [-0.2, 0) is 0 Å². The predicted molar refractivity (Wildman–Crippen MR) is 79.6 cm³/mol. The van der Waals surface area contributed by atoms with Gasteiger partial charge in [-0.2, -0.15) is 0 Å². The number of para-hydroxylation sites is 1. The largest absolute Gasteiger partial charge is 0.507 e. The summed E-state index contributed by atoms with van der Waals surface area (Å²) >= 11 is 0.